The third-order valence-corrected chi connectivity index (χ3v) is 3.88. The van der Waals surface area contributed by atoms with Gasteiger partial charge in [0, 0.05) is 0 Å². The average molecular weight is 198 g/mol. The first-order chi connectivity index (χ1) is 6.72. The molecular formula is C12H26N2. The largest absolute Gasteiger partial charge is 0.317 e. The molecule has 84 valence electrons. The molecule has 0 bridgehead atoms. The Balaban J connectivity index is 2.34. The quantitative estimate of drug-likeness (QED) is 0.681. The second-order valence-electron chi connectivity index (χ2n) is 4.76. The highest BCUT2D eigenvalue weighted by Crippen LogP contribution is 2.37. The van der Waals surface area contributed by atoms with Crippen molar-refractivity contribution >= 4 is 0 Å². The van der Waals surface area contributed by atoms with Crippen molar-refractivity contribution < 1.29 is 0 Å². The van der Waals surface area contributed by atoms with Crippen LogP contribution >= 0.6 is 0 Å². The summed E-state index contributed by atoms with van der Waals surface area (Å²) in [5.41, 5.74) is 0.648. The van der Waals surface area contributed by atoms with E-state index >= 15 is 0 Å². The van der Waals surface area contributed by atoms with Gasteiger partial charge in [-0.25, -0.2) is 0 Å². The van der Waals surface area contributed by atoms with Gasteiger partial charge in [0.2, 0.25) is 0 Å². The van der Waals surface area contributed by atoms with E-state index in [4.69, 9.17) is 0 Å². The molecule has 2 nitrogen and oxygen atoms in total. The first-order valence-corrected chi connectivity index (χ1v) is 6.12. The van der Waals surface area contributed by atoms with Gasteiger partial charge < -0.3 is 10.2 Å². The molecule has 1 saturated heterocycles. The first kappa shape index (κ1) is 12.0. The van der Waals surface area contributed by atoms with Crippen molar-refractivity contribution in [3.05, 3.63) is 0 Å². The molecule has 1 heterocycles. The van der Waals surface area contributed by atoms with Crippen LogP contribution in [-0.4, -0.2) is 38.1 Å². The van der Waals surface area contributed by atoms with Crippen molar-refractivity contribution in [3.63, 3.8) is 0 Å². The average Bonchev–Trinajstić information content (AvgIpc) is 2.22. The van der Waals surface area contributed by atoms with Crippen LogP contribution in [0.5, 0.6) is 0 Å². The Morgan fingerprint density at radius 3 is 2.36 bits per heavy atom. The minimum atomic E-state index is 0.648. The van der Waals surface area contributed by atoms with Crippen LogP contribution in [0.25, 0.3) is 0 Å². The maximum absolute atomic E-state index is 3.45. The predicted molar refractivity (Wildman–Crippen MR) is 62.6 cm³/mol. The molecule has 0 aromatic rings. The van der Waals surface area contributed by atoms with Gasteiger partial charge in [-0.3, -0.25) is 0 Å². The van der Waals surface area contributed by atoms with E-state index in [2.05, 4.69) is 31.1 Å². The minimum absolute atomic E-state index is 0.648. The summed E-state index contributed by atoms with van der Waals surface area (Å²) in [6, 6.07) is 0. The van der Waals surface area contributed by atoms with E-state index < -0.39 is 0 Å². The SMILES string of the molecule is CCNCCC1(CC)CCN(C)CC1. The van der Waals surface area contributed by atoms with Gasteiger partial charge in [0.15, 0.2) is 0 Å². The zero-order valence-electron chi connectivity index (χ0n) is 10.1. The molecule has 14 heavy (non-hydrogen) atoms. The van der Waals surface area contributed by atoms with Crippen LogP contribution in [-0.2, 0) is 0 Å². The van der Waals surface area contributed by atoms with E-state index in [-0.39, 0.29) is 0 Å². The number of nitrogens with zero attached hydrogens (tertiary/aromatic N) is 1. The van der Waals surface area contributed by atoms with Crippen LogP contribution < -0.4 is 5.32 Å². The van der Waals surface area contributed by atoms with Crippen LogP contribution in [0.15, 0.2) is 0 Å². The summed E-state index contributed by atoms with van der Waals surface area (Å²) in [5, 5.41) is 3.45. The Hall–Kier alpha value is -0.0800. The number of nitrogens with one attached hydrogen (secondary N) is 1. The lowest BCUT2D eigenvalue weighted by atomic mass is 9.74. The third-order valence-electron chi connectivity index (χ3n) is 3.88. The van der Waals surface area contributed by atoms with Gasteiger partial charge in [-0.05, 0) is 57.9 Å². The number of rotatable bonds is 5. The lowest BCUT2D eigenvalue weighted by Gasteiger charge is -2.40. The van der Waals surface area contributed by atoms with E-state index in [1.165, 1.54) is 45.3 Å². The predicted octanol–water partition coefficient (Wildman–Crippen LogP) is 2.11. The Bertz CT molecular complexity index is 148. The molecule has 1 fully saturated rings. The van der Waals surface area contributed by atoms with Gasteiger partial charge in [-0.15, -0.1) is 0 Å². The standard InChI is InChI=1S/C12H26N2/c1-4-12(6-9-13-5-2)7-10-14(3)11-8-12/h13H,4-11H2,1-3H3. The number of hydrogen-bond donors (Lipinski definition) is 1. The van der Waals surface area contributed by atoms with Crippen LogP contribution in [0.1, 0.15) is 39.5 Å². The van der Waals surface area contributed by atoms with Gasteiger partial charge in [0.05, 0.1) is 0 Å². The fourth-order valence-electron chi connectivity index (χ4n) is 2.40. The Morgan fingerprint density at radius 1 is 1.21 bits per heavy atom. The van der Waals surface area contributed by atoms with Crippen LogP contribution in [0.3, 0.4) is 0 Å². The molecule has 0 aromatic carbocycles. The maximum Gasteiger partial charge on any atom is -0.00165 e. The molecule has 0 aliphatic carbocycles. The number of hydrogen-bond acceptors (Lipinski definition) is 2. The van der Waals surface area contributed by atoms with Crippen molar-refractivity contribution in [1.82, 2.24) is 10.2 Å². The molecular weight excluding hydrogens is 172 g/mol. The molecule has 0 radical (unpaired) electrons. The minimum Gasteiger partial charge on any atom is -0.317 e. The van der Waals surface area contributed by atoms with Gasteiger partial charge in [0.25, 0.3) is 0 Å². The molecule has 1 rings (SSSR count). The normalized spacial score (nSPS) is 22.5. The lowest BCUT2D eigenvalue weighted by Crippen LogP contribution is -2.39. The smallest absolute Gasteiger partial charge is 0.00165 e. The van der Waals surface area contributed by atoms with Gasteiger partial charge in [-0.1, -0.05) is 20.3 Å². The first-order valence-electron chi connectivity index (χ1n) is 6.12. The van der Waals surface area contributed by atoms with Crippen molar-refractivity contribution in [3.8, 4) is 0 Å². The summed E-state index contributed by atoms with van der Waals surface area (Å²) in [6.45, 7) is 9.44. The molecule has 0 aromatic heterocycles. The fraction of sp³-hybridized carbons (Fsp3) is 1.00. The summed E-state index contributed by atoms with van der Waals surface area (Å²) < 4.78 is 0. The third kappa shape index (κ3) is 3.25. The molecule has 2 heteroatoms. The van der Waals surface area contributed by atoms with Crippen LogP contribution in [0.4, 0.5) is 0 Å². The van der Waals surface area contributed by atoms with Gasteiger partial charge in [-0.2, -0.15) is 0 Å². The van der Waals surface area contributed by atoms with Gasteiger partial charge in [0.1, 0.15) is 0 Å². The summed E-state index contributed by atoms with van der Waals surface area (Å²) in [4.78, 5) is 2.46. The van der Waals surface area contributed by atoms with Crippen LogP contribution in [0.2, 0.25) is 0 Å². The highest BCUT2D eigenvalue weighted by atomic mass is 15.1. The highest BCUT2D eigenvalue weighted by molar-refractivity contribution is 4.84. The number of piperidine rings is 1. The van der Waals surface area contributed by atoms with E-state index in [1.54, 1.807) is 0 Å². The molecule has 1 aliphatic heterocycles. The van der Waals surface area contributed by atoms with E-state index in [1.807, 2.05) is 0 Å². The Labute approximate surface area is 89.1 Å². The lowest BCUT2D eigenvalue weighted by molar-refractivity contribution is 0.108. The Kier molecular flexibility index (Phi) is 4.90. The van der Waals surface area contributed by atoms with Crippen LogP contribution in [0, 0.1) is 5.41 Å². The summed E-state index contributed by atoms with van der Waals surface area (Å²) >= 11 is 0. The van der Waals surface area contributed by atoms with E-state index in [9.17, 15) is 0 Å². The van der Waals surface area contributed by atoms with Crippen molar-refractivity contribution in [2.24, 2.45) is 5.41 Å². The molecule has 0 atom stereocenters. The molecule has 0 amide bonds. The summed E-state index contributed by atoms with van der Waals surface area (Å²) in [7, 11) is 2.24. The van der Waals surface area contributed by atoms with Crippen molar-refractivity contribution in [2.45, 2.75) is 39.5 Å². The van der Waals surface area contributed by atoms with Crippen molar-refractivity contribution in [2.75, 3.05) is 33.2 Å². The van der Waals surface area contributed by atoms with E-state index in [0.717, 1.165) is 6.54 Å². The zero-order valence-corrected chi connectivity index (χ0v) is 10.1. The topological polar surface area (TPSA) is 15.3 Å². The maximum atomic E-state index is 3.45. The second-order valence-corrected chi connectivity index (χ2v) is 4.76. The fourth-order valence-corrected chi connectivity index (χ4v) is 2.40. The summed E-state index contributed by atoms with van der Waals surface area (Å²) in [5.74, 6) is 0. The number of likely N-dealkylation sites (tertiary alicyclic amines) is 1. The monoisotopic (exact) mass is 198 g/mol. The second kappa shape index (κ2) is 5.72. The highest BCUT2D eigenvalue weighted by Gasteiger charge is 2.30. The zero-order chi connectivity index (χ0) is 10.4. The molecule has 0 unspecified atom stereocenters. The molecule has 0 spiro atoms. The summed E-state index contributed by atoms with van der Waals surface area (Å²) in [6.07, 6.45) is 5.51. The molecule has 1 aliphatic rings. The van der Waals surface area contributed by atoms with E-state index in [0.29, 0.717) is 5.41 Å². The molecule has 1 N–H and O–H groups in total. The van der Waals surface area contributed by atoms with Gasteiger partial charge >= 0.3 is 0 Å². The van der Waals surface area contributed by atoms with Crippen molar-refractivity contribution in [1.29, 1.82) is 0 Å². The Morgan fingerprint density at radius 2 is 1.86 bits per heavy atom. The molecule has 0 saturated carbocycles.